The third-order valence-corrected chi connectivity index (χ3v) is 2.87. The van der Waals surface area contributed by atoms with E-state index in [0.717, 1.165) is 18.7 Å². The molecule has 1 aromatic heterocycles. The van der Waals surface area contributed by atoms with Crippen LogP contribution in [0.15, 0.2) is 46.9 Å². The summed E-state index contributed by atoms with van der Waals surface area (Å²) in [6.45, 7) is 13.2. The van der Waals surface area contributed by atoms with Crippen molar-refractivity contribution in [2.75, 3.05) is 6.54 Å². The molecule has 1 unspecified atom stereocenters. The molecule has 1 saturated heterocycles. The molecule has 118 valence electrons. The average Bonchev–Trinajstić information content (AvgIpc) is 3.33. The van der Waals surface area contributed by atoms with Gasteiger partial charge in [-0.1, -0.05) is 45.4 Å². The Kier molecular flexibility index (Phi) is 10.2. The molecule has 1 aliphatic rings. The predicted molar refractivity (Wildman–Crippen MR) is 93.5 cm³/mol. The summed E-state index contributed by atoms with van der Waals surface area (Å²) >= 11 is 0. The van der Waals surface area contributed by atoms with Crippen LogP contribution >= 0.6 is 0 Å². The van der Waals surface area contributed by atoms with Crippen molar-refractivity contribution in [3.63, 3.8) is 0 Å². The lowest BCUT2D eigenvalue weighted by atomic mass is 10.1. The highest BCUT2D eigenvalue weighted by atomic mass is 16.1. The van der Waals surface area contributed by atoms with Gasteiger partial charge >= 0.3 is 0 Å². The fraction of sp³-hybridized carbons (Fsp3) is 0.500. The van der Waals surface area contributed by atoms with Gasteiger partial charge in [-0.05, 0) is 32.4 Å². The first-order valence-electron chi connectivity index (χ1n) is 7.92. The van der Waals surface area contributed by atoms with Crippen LogP contribution in [-0.4, -0.2) is 17.2 Å². The Morgan fingerprint density at radius 1 is 1.24 bits per heavy atom. The summed E-state index contributed by atoms with van der Waals surface area (Å²) in [5.74, 6) is 0. The van der Waals surface area contributed by atoms with Gasteiger partial charge in [0.1, 0.15) is 0 Å². The molecule has 1 N–H and O–H groups in total. The molecule has 2 rings (SSSR count). The molecular formula is C18H30N2O. The Bertz CT molecular complexity index is 508. The zero-order valence-electron chi connectivity index (χ0n) is 14.3. The maximum Gasteiger partial charge on any atom is 0.254 e. The average molecular weight is 290 g/mol. The fourth-order valence-corrected chi connectivity index (χ4v) is 1.75. The van der Waals surface area contributed by atoms with E-state index < -0.39 is 0 Å². The molecule has 0 saturated carbocycles. The Morgan fingerprint density at radius 2 is 1.86 bits per heavy atom. The number of nitrogens with zero attached hydrogens (tertiary/aromatic N) is 1. The Balaban J connectivity index is 0.000000921. The zero-order valence-corrected chi connectivity index (χ0v) is 14.3. The fourth-order valence-electron chi connectivity index (χ4n) is 1.75. The molecule has 1 atom stereocenters. The number of nitrogens with one attached hydrogen (secondary N) is 1. The molecule has 0 radical (unpaired) electrons. The number of rotatable bonds is 4. The summed E-state index contributed by atoms with van der Waals surface area (Å²) in [5.41, 5.74) is 2.29. The second kappa shape index (κ2) is 11.1. The van der Waals surface area contributed by atoms with Gasteiger partial charge in [-0.25, -0.2) is 0 Å². The molecule has 2 heterocycles. The van der Waals surface area contributed by atoms with Crippen molar-refractivity contribution in [2.45, 2.75) is 54.0 Å². The van der Waals surface area contributed by atoms with Gasteiger partial charge in [-0.2, -0.15) is 0 Å². The number of hydrogen-bond acceptors (Lipinski definition) is 2. The molecule has 0 aromatic carbocycles. The third-order valence-electron chi connectivity index (χ3n) is 2.87. The third kappa shape index (κ3) is 7.66. The molecule has 1 aliphatic heterocycles. The lowest BCUT2D eigenvalue weighted by Crippen LogP contribution is -2.15. The van der Waals surface area contributed by atoms with Gasteiger partial charge < -0.3 is 5.32 Å². The van der Waals surface area contributed by atoms with Crippen molar-refractivity contribution in [2.24, 2.45) is 0 Å². The van der Waals surface area contributed by atoms with E-state index in [1.807, 2.05) is 46.8 Å². The van der Waals surface area contributed by atoms with Crippen molar-refractivity contribution < 1.29 is 0 Å². The first-order valence-corrected chi connectivity index (χ1v) is 7.92. The first-order chi connectivity index (χ1) is 10.2. The molecule has 0 spiro atoms. The SMILES string of the molecule is C/C(=C\C=C(/C)n1ccccc1=O)CC1CN1.CC.CC. The summed E-state index contributed by atoms with van der Waals surface area (Å²) < 4.78 is 1.65. The van der Waals surface area contributed by atoms with Crippen LogP contribution in [0.1, 0.15) is 48.0 Å². The highest BCUT2D eigenvalue weighted by Gasteiger charge is 2.19. The van der Waals surface area contributed by atoms with Crippen molar-refractivity contribution >= 4 is 5.70 Å². The second-order valence-electron chi connectivity index (χ2n) is 4.54. The molecule has 1 aromatic rings. The van der Waals surface area contributed by atoms with E-state index in [0.29, 0.717) is 6.04 Å². The highest BCUT2D eigenvalue weighted by Crippen LogP contribution is 2.12. The molecule has 1 fully saturated rings. The number of pyridine rings is 1. The monoisotopic (exact) mass is 290 g/mol. The number of hydrogen-bond donors (Lipinski definition) is 1. The smallest absolute Gasteiger partial charge is 0.254 e. The molecule has 0 aliphatic carbocycles. The lowest BCUT2D eigenvalue weighted by molar-refractivity contribution is 0.913. The van der Waals surface area contributed by atoms with Crippen LogP contribution < -0.4 is 10.9 Å². The van der Waals surface area contributed by atoms with Gasteiger partial charge in [-0.15, -0.1) is 0 Å². The van der Waals surface area contributed by atoms with Gasteiger partial charge in [0.05, 0.1) is 0 Å². The largest absolute Gasteiger partial charge is 0.311 e. The number of allylic oxidation sites excluding steroid dienone is 3. The van der Waals surface area contributed by atoms with Crippen LogP contribution in [0.25, 0.3) is 5.70 Å². The molecule has 3 heteroatoms. The van der Waals surface area contributed by atoms with Crippen LogP contribution in [-0.2, 0) is 0 Å². The lowest BCUT2D eigenvalue weighted by Gasteiger charge is -2.03. The van der Waals surface area contributed by atoms with E-state index in [1.165, 1.54) is 5.57 Å². The van der Waals surface area contributed by atoms with E-state index in [2.05, 4.69) is 18.3 Å². The predicted octanol–water partition coefficient (Wildman–Crippen LogP) is 4.07. The van der Waals surface area contributed by atoms with Gasteiger partial charge in [-0.3, -0.25) is 9.36 Å². The minimum atomic E-state index is 0.0103. The standard InChI is InChI=1S/C14H18N2O.2C2H6/c1-11(9-13-10-15-13)6-7-12(2)16-8-4-3-5-14(16)17;2*1-2/h3-8,13,15H,9-10H2,1-2H3;2*1-2H3/b11-6+,12-7+;;. The topological polar surface area (TPSA) is 43.9 Å². The summed E-state index contributed by atoms with van der Waals surface area (Å²) in [4.78, 5) is 11.6. The van der Waals surface area contributed by atoms with E-state index in [-0.39, 0.29) is 5.56 Å². The van der Waals surface area contributed by atoms with Crippen molar-refractivity contribution in [3.8, 4) is 0 Å². The maximum absolute atomic E-state index is 11.6. The Hall–Kier alpha value is -1.61. The van der Waals surface area contributed by atoms with Crippen LogP contribution in [0.3, 0.4) is 0 Å². The molecule has 3 nitrogen and oxygen atoms in total. The van der Waals surface area contributed by atoms with Crippen molar-refractivity contribution in [1.82, 2.24) is 9.88 Å². The van der Waals surface area contributed by atoms with E-state index in [1.54, 1.807) is 22.9 Å². The zero-order chi connectivity index (χ0) is 16.3. The second-order valence-corrected chi connectivity index (χ2v) is 4.54. The highest BCUT2D eigenvalue weighted by molar-refractivity contribution is 5.45. The van der Waals surface area contributed by atoms with Gasteiger partial charge in [0.2, 0.25) is 0 Å². The summed E-state index contributed by atoms with van der Waals surface area (Å²) in [6.07, 6.45) is 6.97. The minimum Gasteiger partial charge on any atom is -0.311 e. The normalized spacial score (nSPS) is 17.1. The molecule has 0 bridgehead atoms. The van der Waals surface area contributed by atoms with Crippen molar-refractivity contribution in [3.05, 3.63) is 52.5 Å². The molecule has 21 heavy (non-hydrogen) atoms. The summed E-state index contributed by atoms with van der Waals surface area (Å²) in [6, 6.07) is 5.86. The van der Waals surface area contributed by atoms with Crippen LogP contribution in [0.5, 0.6) is 0 Å². The quantitative estimate of drug-likeness (QED) is 0.671. The summed E-state index contributed by atoms with van der Waals surface area (Å²) in [7, 11) is 0. The number of aromatic nitrogens is 1. The summed E-state index contributed by atoms with van der Waals surface area (Å²) in [5, 5.41) is 3.28. The van der Waals surface area contributed by atoms with E-state index in [9.17, 15) is 4.79 Å². The molecule has 0 amide bonds. The van der Waals surface area contributed by atoms with Crippen LogP contribution in [0, 0.1) is 0 Å². The Morgan fingerprint density at radius 3 is 2.38 bits per heavy atom. The first kappa shape index (κ1) is 19.4. The van der Waals surface area contributed by atoms with Gasteiger partial charge in [0, 0.05) is 30.5 Å². The Labute approximate surface area is 129 Å². The van der Waals surface area contributed by atoms with Crippen LogP contribution in [0.2, 0.25) is 0 Å². The van der Waals surface area contributed by atoms with E-state index in [4.69, 9.17) is 0 Å². The van der Waals surface area contributed by atoms with Gasteiger partial charge in [0.15, 0.2) is 0 Å². The van der Waals surface area contributed by atoms with Gasteiger partial charge in [0.25, 0.3) is 5.56 Å². The molecular weight excluding hydrogens is 260 g/mol. The van der Waals surface area contributed by atoms with E-state index >= 15 is 0 Å². The van der Waals surface area contributed by atoms with Crippen LogP contribution in [0.4, 0.5) is 0 Å². The minimum absolute atomic E-state index is 0.0103. The van der Waals surface area contributed by atoms with Crippen molar-refractivity contribution in [1.29, 1.82) is 0 Å². The maximum atomic E-state index is 11.6.